The third kappa shape index (κ3) is 4.05. The Kier molecular flexibility index (Phi) is 4.96. The highest BCUT2D eigenvalue weighted by atomic mass is 32.2. The van der Waals surface area contributed by atoms with E-state index in [1.54, 1.807) is 0 Å². The lowest BCUT2D eigenvalue weighted by atomic mass is 10.1. The average Bonchev–Trinajstić information content (AvgIpc) is 3.13. The predicted molar refractivity (Wildman–Crippen MR) is 103 cm³/mol. The van der Waals surface area contributed by atoms with Crippen LogP contribution < -0.4 is 5.14 Å². The molecule has 10 heteroatoms. The normalized spacial score (nSPS) is 17.2. The number of nitrogens with zero attached hydrogens (tertiary/aromatic N) is 2. The van der Waals surface area contributed by atoms with E-state index < -0.39 is 21.9 Å². The van der Waals surface area contributed by atoms with Gasteiger partial charge in [0.25, 0.3) is 0 Å². The minimum atomic E-state index is -4.59. The molecule has 29 heavy (non-hydrogen) atoms. The van der Waals surface area contributed by atoms with E-state index >= 15 is 0 Å². The van der Waals surface area contributed by atoms with E-state index in [2.05, 4.69) is 5.10 Å². The quantitative estimate of drug-likeness (QED) is 0.659. The summed E-state index contributed by atoms with van der Waals surface area (Å²) in [5.74, 6) is 0. The van der Waals surface area contributed by atoms with E-state index in [1.165, 1.54) is 46.3 Å². The Bertz CT molecular complexity index is 1160. The Hall–Kier alpha value is -2.30. The molecule has 0 aliphatic carbocycles. The van der Waals surface area contributed by atoms with Gasteiger partial charge in [0.05, 0.1) is 21.5 Å². The summed E-state index contributed by atoms with van der Waals surface area (Å²) in [5, 5.41) is 8.65. The molecule has 2 aromatic carbocycles. The van der Waals surface area contributed by atoms with Gasteiger partial charge in [-0.3, -0.25) is 0 Å². The Morgan fingerprint density at radius 3 is 2.45 bits per heavy atom. The summed E-state index contributed by atoms with van der Waals surface area (Å²) in [7, 11) is -3.90. The van der Waals surface area contributed by atoms with Crippen LogP contribution in [-0.4, -0.2) is 18.2 Å². The molecular formula is C19H16F3N3O2S2. The highest BCUT2D eigenvalue weighted by molar-refractivity contribution is 7.99. The minimum absolute atomic E-state index is 0.119. The Morgan fingerprint density at radius 2 is 1.79 bits per heavy atom. The zero-order valence-electron chi connectivity index (χ0n) is 14.9. The maximum atomic E-state index is 13.3. The zero-order chi connectivity index (χ0) is 20.8. The standard InChI is InChI=1S/C19H16F3N3O2S2/c20-19(21,22)18-11-15(17-10-5-12-3-1-2-4-16(12)28-17)25(24-18)13-6-8-14(9-7-13)29(23,26)27/h1-4,6-9,11,17H,5,10H2,(H2,23,26,27). The van der Waals surface area contributed by atoms with Gasteiger partial charge in [-0.1, -0.05) is 18.2 Å². The molecule has 0 bridgehead atoms. The summed E-state index contributed by atoms with van der Waals surface area (Å²) in [6, 6.07) is 14.2. The second kappa shape index (κ2) is 7.19. The summed E-state index contributed by atoms with van der Waals surface area (Å²) in [6.07, 6.45) is -3.16. The van der Waals surface area contributed by atoms with Crippen LogP contribution in [0.1, 0.15) is 28.6 Å². The molecule has 0 radical (unpaired) electrons. The van der Waals surface area contributed by atoms with E-state index in [9.17, 15) is 21.6 Å². The first-order chi connectivity index (χ1) is 13.6. The van der Waals surface area contributed by atoms with Gasteiger partial charge in [0.2, 0.25) is 10.0 Å². The van der Waals surface area contributed by atoms with E-state index in [1.807, 2.05) is 24.3 Å². The molecule has 4 rings (SSSR count). The molecule has 0 fully saturated rings. The lowest BCUT2D eigenvalue weighted by molar-refractivity contribution is -0.141. The Morgan fingerprint density at radius 1 is 1.10 bits per heavy atom. The van der Waals surface area contributed by atoms with Crippen molar-refractivity contribution in [2.45, 2.75) is 34.1 Å². The molecule has 1 unspecified atom stereocenters. The van der Waals surface area contributed by atoms with Crippen LogP contribution in [0.15, 0.2) is 64.4 Å². The first-order valence-corrected chi connectivity index (χ1v) is 11.1. The molecule has 0 amide bonds. The molecule has 1 aliphatic heterocycles. The van der Waals surface area contributed by atoms with Crippen LogP contribution in [0.2, 0.25) is 0 Å². The van der Waals surface area contributed by atoms with Gasteiger partial charge in [-0.15, -0.1) is 11.8 Å². The van der Waals surface area contributed by atoms with Gasteiger partial charge >= 0.3 is 6.18 Å². The van der Waals surface area contributed by atoms with Crippen molar-refractivity contribution in [1.29, 1.82) is 0 Å². The second-order valence-electron chi connectivity index (χ2n) is 6.66. The second-order valence-corrected chi connectivity index (χ2v) is 9.46. The summed E-state index contributed by atoms with van der Waals surface area (Å²) in [6.45, 7) is 0. The van der Waals surface area contributed by atoms with Crippen LogP contribution in [0.5, 0.6) is 0 Å². The summed E-state index contributed by atoms with van der Waals surface area (Å²) in [4.78, 5) is 0.918. The van der Waals surface area contributed by atoms with Crippen LogP contribution >= 0.6 is 11.8 Å². The highest BCUT2D eigenvalue weighted by Crippen LogP contribution is 2.46. The number of rotatable bonds is 3. The van der Waals surface area contributed by atoms with Crippen molar-refractivity contribution in [3.8, 4) is 5.69 Å². The van der Waals surface area contributed by atoms with Gasteiger partial charge in [0.15, 0.2) is 5.69 Å². The molecule has 2 heterocycles. The smallest absolute Gasteiger partial charge is 0.236 e. The number of hydrogen-bond acceptors (Lipinski definition) is 4. The van der Waals surface area contributed by atoms with Crippen LogP contribution in [0.25, 0.3) is 5.69 Å². The molecule has 1 atom stereocenters. The molecular weight excluding hydrogens is 423 g/mol. The number of primary sulfonamides is 1. The van der Waals surface area contributed by atoms with Crippen molar-refractivity contribution in [3.63, 3.8) is 0 Å². The van der Waals surface area contributed by atoms with Crippen molar-refractivity contribution >= 4 is 21.8 Å². The first-order valence-electron chi connectivity index (χ1n) is 8.68. The number of nitrogens with two attached hydrogens (primary N) is 1. The lowest BCUT2D eigenvalue weighted by Crippen LogP contribution is -2.13. The number of alkyl halides is 3. The number of thioether (sulfide) groups is 1. The minimum Gasteiger partial charge on any atom is -0.236 e. The largest absolute Gasteiger partial charge is 0.435 e. The Labute approximate surface area is 169 Å². The lowest BCUT2D eigenvalue weighted by Gasteiger charge is -2.24. The molecule has 1 aromatic heterocycles. The number of hydrogen-bond donors (Lipinski definition) is 1. The fourth-order valence-electron chi connectivity index (χ4n) is 3.28. The van der Waals surface area contributed by atoms with Gasteiger partial charge in [0.1, 0.15) is 0 Å². The van der Waals surface area contributed by atoms with Crippen LogP contribution in [0.4, 0.5) is 13.2 Å². The van der Waals surface area contributed by atoms with Crippen LogP contribution in [0.3, 0.4) is 0 Å². The van der Waals surface area contributed by atoms with Gasteiger partial charge in [0, 0.05) is 4.90 Å². The third-order valence-corrected chi connectivity index (χ3v) is 7.03. The monoisotopic (exact) mass is 439 g/mol. The average molecular weight is 439 g/mol. The summed E-state index contributed by atoms with van der Waals surface area (Å²) in [5.41, 5.74) is 0.943. The first kappa shape index (κ1) is 20.0. The molecule has 0 spiro atoms. The van der Waals surface area contributed by atoms with Crippen molar-refractivity contribution in [2.75, 3.05) is 0 Å². The molecule has 0 saturated heterocycles. The van der Waals surface area contributed by atoms with Gasteiger partial charge < -0.3 is 0 Å². The number of benzene rings is 2. The van der Waals surface area contributed by atoms with Gasteiger partial charge in [-0.05, 0) is 54.8 Å². The van der Waals surface area contributed by atoms with E-state index in [0.29, 0.717) is 17.8 Å². The van der Waals surface area contributed by atoms with Crippen molar-refractivity contribution in [3.05, 3.63) is 71.5 Å². The van der Waals surface area contributed by atoms with Crippen LogP contribution in [0, 0.1) is 0 Å². The van der Waals surface area contributed by atoms with Crippen molar-refractivity contribution in [2.24, 2.45) is 5.14 Å². The number of aryl methyl sites for hydroxylation is 1. The summed E-state index contributed by atoms with van der Waals surface area (Å²) < 4.78 is 64.2. The van der Waals surface area contributed by atoms with E-state index in [-0.39, 0.29) is 10.1 Å². The predicted octanol–water partition coefficient (Wildman–Crippen LogP) is 4.32. The highest BCUT2D eigenvalue weighted by Gasteiger charge is 2.37. The molecule has 3 aromatic rings. The third-order valence-electron chi connectivity index (χ3n) is 4.68. The molecule has 1 aliphatic rings. The zero-order valence-corrected chi connectivity index (χ0v) is 16.6. The van der Waals surface area contributed by atoms with E-state index in [4.69, 9.17) is 5.14 Å². The molecule has 152 valence electrons. The number of fused-ring (bicyclic) bond motifs is 1. The fraction of sp³-hybridized carbons (Fsp3) is 0.211. The molecule has 0 saturated carbocycles. The maximum absolute atomic E-state index is 13.3. The number of aromatic nitrogens is 2. The van der Waals surface area contributed by atoms with Gasteiger partial charge in [-0.25, -0.2) is 18.2 Å². The van der Waals surface area contributed by atoms with E-state index in [0.717, 1.165) is 17.4 Å². The topological polar surface area (TPSA) is 78.0 Å². The SMILES string of the molecule is NS(=O)(=O)c1ccc(-n2nc(C(F)(F)F)cc2C2CCc3ccccc3S2)cc1. The van der Waals surface area contributed by atoms with Crippen molar-refractivity contribution < 1.29 is 21.6 Å². The Balaban J connectivity index is 1.77. The summed E-state index contributed by atoms with van der Waals surface area (Å²) >= 11 is 1.51. The van der Waals surface area contributed by atoms with Gasteiger partial charge in [-0.2, -0.15) is 18.3 Å². The van der Waals surface area contributed by atoms with Crippen LogP contribution in [-0.2, 0) is 22.6 Å². The fourth-order valence-corrected chi connectivity index (χ4v) is 5.10. The van der Waals surface area contributed by atoms with Crippen molar-refractivity contribution in [1.82, 2.24) is 9.78 Å². The molecule has 2 N–H and O–H groups in total. The maximum Gasteiger partial charge on any atom is 0.435 e. The molecule has 5 nitrogen and oxygen atoms in total. The number of halogens is 3. The number of sulfonamides is 1.